The third kappa shape index (κ3) is 4.33. The van der Waals surface area contributed by atoms with Gasteiger partial charge in [0.05, 0.1) is 6.42 Å². The lowest BCUT2D eigenvalue weighted by atomic mass is 10.3. The number of rotatable bonds is 6. The van der Waals surface area contributed by atoms with Crippen molar-refractivity contribution in [3.8, 4) is 0 Å². The summed E-state index contributed by atoms with van der Waals surface area (Å²) in [5.41, 5.74) is 0. The average molecular weight is 266 g/mol. The highest BCUT2D eigenvalue weighted by atomic mass is 16.4. The molecular formula is C13H22N4O2. The number of aromatic nitrogens is 2. The van der Waals surface area contributed by atoms with E-state index in [0.29, 0.717) is 6.54 Å². The van der Waals surface area contributed by atoms with Crippen molar-refractivity contribution in [3.63, 3.8) is 0 Å². The highest BCUT2D eigenvalue weighted by molar-refractivity contribution is 5.66. The Kier molecular flexibility index (Phi) is 4.93. The van der Waals surface area contributed by atoms with Crippen molar-refractivity contribution >= 4 is 5.97 Å². The first kappa shape index (κ1) is 14.0. The maximum atomic E-state index is 10.5. The summed E-state index contributed by atoms with van der Waals surface area (Å²) in [5, 5.41) is 8.67. The van der Waals surface area contributed by atoms with E-state index in [-0.39, 0.29) is 6.42 Å². The fourth-order valence-electron chi connectivity index (χ4n) is 2.38. The normalized spacial score (nSPS) is 17.7. The van der Waals surface area contributed by atoms with Gasteiger partial charge in [0.1, 0.15) is 5.82 Å². The minimum absolute atomic E-state index is 0.244. The smallest absolute Gasteiger partial charge is 0.304 e. The zero-order chi connectivity index (χ0) is 13.7. The van der Waals surface area contributed by atoms with Gasteiger partial charge in [0, 0.05) is 58.2 Å². The van der Waals surface area contributed by atoms with Crippen molar-refractivity contribution in [2.75, 3.05) is 39.3 Å². The highest BCUT2D eigenvalue weighted by Crippen LogP contribution is 2.04. The Labute approximate surface area is 113 Å². The summed E-state index contributed by atoms with van der Waals surface area (Å²) < 4.78 is 2.16. The summed E-state index contributed by atoms with van der Waals surface area (Å²) in [6.45, 7) is 8.67. The van der Waals surface area contributed by atoms with E-state index in [9.17, 15) is 4.79 Å². The largest absolute Gasteiger partial charge is 0.481 e. The van der Waals surface area contributed by atoms with Gasteiger partial charge in [-0.25, -0.2) is 4.98 Å². The number of nitrogens with zero attached hydrogens (tertiary/aromatic N) is 4. The van der Waals surface area contributed by atoms with Crippen molar-refractivity contribution in [2.24, 2.45) is 0 Å². The third-order valence-corrected chi connectivity index (χ3v) is 3.69. The number of imidazole rings is 1. The second-order valence-corrected chi connectivity index (χ2v) is 4.99. The van der Waals surface area contributed by atoms with Gasteiger partial charge in [-0.05, 0) is 6.92 Å². The first-order chi connectivity index (χ1) is 9.15. The monoisotopic (exact) mass is 266 g/mol. The Hall–Kier alpha value is -1.40. The Morgan fingerprint density at radius 2 is 1.84 bits per heavy atom. The van der Waals surface area contributed by atoms with Crippen LogP contribution < -0.4 is 0 Å². The molecule has 0 atom stereocenters. The predicted octanol–water partition coefficient (Wildman–Crippen LogP) is 0.284. The number of carbonyl (C=O) groups is 1. The summed E-state index contributed by atoms with van der Waals surface area (Å²) >= 11 is 0. The first-order valence-corrected chi connectivity index (χ1v) is 6.79. The van der Waals surface area contributed by atoms with Crippen molar-refractivity contribution in [1.29, 1.82) is 0 Å². The third-order valence-electron chi connectivity index (χ3n) is 3.69. The minimum atomic E-state index is -0.710. The predicted molar refractivity (Wildman–Crippen MR) is 72.1 cm³/mol. The molecule has 0 spiro atoms. The van der Waals surface area contributed by atoms with Crippen LogP contribution in [0.3, 0.4) is 0 Å². The molecule has 1 saturated heterocycles. The molecule has 0 saturated carbocycles. The molecule has 0 bridgehead atoms. The molecule has 0 radical (unpaired) electrons. The maximum absolute atomic E-state index is 10.5. The summed E-state index contributed by atoms with van der Waals surface area (Å²) in [4.78, 5) is 19.4. The highest BCUT2D eigenvalue weighted by Gasteiger charge is 2.17. The summed E-state index contributed by atoms with van der Waals surface area (Å²) in [5.74, 6) is 0.345. The number of carboxylic acids is 1. The molecule has 6 nitrogen and oxygen atoms in total. The molecule has 1 aliphatic heterocycles. The molecule has 1 aliphatic rings. The van der Waals surface area contributed by atoms with Crippen LogP contribution in [0.25, 0.3) is 0 Å². The number of carboxylic acid groups (broad SMARTS) is 1. The van der Waals surface area contributed by atoms with E-state index in [4.69, 9.17) is 5.11 Å². The van der Waals surface area contributed by atoms with Crippen LogP contribution in [0.15, 0.2) is 12.4 Å². The number of hydrogen-bond acceptors (Lipinski definition) is 4. The zero-order valence-corrected chi connectivity index (χ0v) is 11.5. The molecule has 106 valence electrons. The van der Waals surface area contributed by atoms with Crippen molar-refractivity contribution in [2.45, 2.75) is 19.9 Å². The van der Waals surface area contributed by atoms with Gasteiger partial charge < -0.3 is 14.6 Å². The van der Waals surface area contributed by atoms with Gasteiger partial charge in [0.25, 0.3) is 0 Å². The van der Waals surface area contributed by atoms with Crippen LogP contribution in [0, 0.1) is 6.92 Å². The molecule has 0 amide bonds. The van der Waals surface area contributed by atoms with Gasteiger partial charge >= 0.3 is 5.97 Å². The van der Waals surface area contributed by atoms with Crippen LogP contribution in [-0.4, -0.2) is 69.7 Å². The van der Waals surface area contributed by atoms with E-state index in [1.54, 1.807) is 0 Å². The number of aliphatic carboxylic acids is 1. The molecular weight excluding hydrogens is 244 g/mol. The quantitative estimate of drug-likeness (QED) is 0.801. The fourth-order valence-corrected chi connectivity index (χ4v) is 2.38. The Morgan fingerprint density at radius 1 is 1.21 bits per heavy atom. The van der Waals surface area contributed by atoms with Gasteiger partial charge in [-0.15, -0.1) is 0 Å². The molecule has 2 rings (SSSR count). The molecule has 1 aromatic rings. The molecule has 0 aromatic carbocycles. The van der Waals surface area contributed by atoms with E-state index in [1.165, 1.54) is 0 Å². The van der Waals surface area contributed by atoms with Gasteiger partial charge in [-0.1, -0.05) is 0 Å². The van der Waals surface area contributed by atoms with Crippen molar-refractivity contribution in [1.82, 2.24) is 19.4 Å². The SMILES string of the molecule is Cc1nccn1CCN1CCN(CCC(=O)O)CC1. The van der Waals surface area contributed by atoms with Crippen molar-refractivity contribution < 1.29 is 9.90 Å². The van der Waals surface area contributed by atoms with Crippen LogP contribution in [0.5, 0.6) is 0 Å². The fraction of sp³-hybridized carbons (Fsp3) is 0.692. The second kappa shape index (κ2) is 6.68. The lowest BCUT2D eigenvalue weighted by molar-refractivity contribution is -0.137. The van der Waals surface area contributed by atoms with Crippen LogP contribution >= 0.6 is 0 Å². The van der Waals surface area contributed by atoms with E-state index in [0.717, 1.165) is 45.1 Å². The summed E-state index contributed by atoms with van der Waals surface area (Å²) in [7, 11) is 0. The molecule has 2 heterocycles. The lowest BCUT2D eigenvalue weighted by Gasteiger charge is -2.34. The lowest BCUT2D eigenvalue weighted by Crippen LogP contribution is -2.47. The molecule has 1 fully saturated rings. The summed E-state index contributed by atoms with van der Waals surface area (Å²) in [6.07, 6.45) is 4.09. The molecule has 1 aromatic heterocycles. The molecule has 0 unspecified atom stereocenters. The van der Waals surface area contributed by atoms with E-state index >= 15 is 0 Å². The minimum Gasteiger partial charge on any atom is -0.481 e. The molecule has 19 heavy (non-hydrogen) atoms. The van der Waals surface area contributed by atoms with E-state index in [2.05, 4.69) is 19.4 Å². The second-order valence-electron chi connectivity index (χ2n) is 4.99. The van der Waals surface area contributed by atoms with Crippen LogP contribution in [0.1, 0.15) is 12.2 Å². The average Bonchev–Trinajstić information content (AvgIpc) is 2.81. The van der Waals surface area contributed by atoms with Crippen LogP contribution in [0.2, 0.25) is 0 Å². The number of hydrogen-bond donors (Lipinski definition) is 1. The number of aryl methyl sites for hydroxylation is 1. The zero-order valence-electron chi connectivity index (χ0n) is 11.5. The molecule has 1 N–H and O–H groups in total. The Morgan fingerprint density at radius 3 is 2.37 bits per heavy atom. The molecule has 6 heteroatoms. The van der Waals surface area contributed by atoms with Gasteiger partial charge in [0.2, 0.25) is 0 Å². The van der Waals surface area contributed by atoms with Gasteiger partial charge in [0.15, 0.2) is 0 Å². The topological polar surface area (TPSA) is 61.6 Å². The maximum Gasteiger partial charge on any atom is 0.304 e. The Bertz CT molecular complexity index is 411. The van der Waals surface area contributed by atoms with Crippen LogP contribution in [0.4, 0.5) is 0 Å². The molecule has 0 aliphatic carbocycles. The van der Waals surface area contributed by atoms with E-state index < -0.39 is 5.97 Å². The van der Waals surface area contributed by atoms with Crippen LogP contribution in [-0.2, 0) is 11.3 Å². The summed E-state index contributed by atoms with van der Waals surface area (Å²) in [6, 6.07) is 0. The van der Waals surface area contributed by atoms with E-state index in [1.807, 2.05) is 19.3 Å². The standard InChI is InChI=1S/C13H22N4O2/c1-12-14-3-5-17(12)11-10-16-8-6-15(7-9-16)4-2-13(18)19/h3,5H,2,4,6-11H2,1H3,(H,18,19). The number of piperazine rings is 1. The van der Waals surface area contributed by atoms with Gasteiger partial charge in [-0.2, -0.15) is 0 Å². The first-order valence-electron chi connectivity index (χ1n) is 6.79. The Balaban J connectivity index is 1.66. The van der Waals surface area contributed by atoms with Gasteiger partial charge in [-0.3, -0.25) is 9.69 Å². The van der Waals surface area contributed by atoms with Crippen molar-refractivity contribution in [3.05, 3.63) is 18.2 Å².